The van der Waals surface area contributed by atoms with Crippen LogP contribution in [-0.4, -0.2) is 17.0 Å². The molecule has 0 aromatic heterocycles. The summed E-state index contributed by atoms with van der Waals surface area (Å²) in [5.74, 6) is -1.53. The van der Waals surface area contributed by atoms with Crippen molar-refractivity contribution in [2.45, 2.75) is 6.92 Å². The van der Waals surface area contributed by atoms with Crippen LogP contribution >= 0.6 is 0 Å². The van der Waals surface area contributed by atoms with Crippen molar-refractivity contribution in [3.63, 3.8) is 0 Å². The Bertz CT molecular complexity index is 526. The summed E-state index contributed by atoms with van der Waals surface area (Å²) in [4.78, 5) is 21.7. The van der Waals surface area contributed by atoms with Crippen molar-refractivity contribution in [3.8, 4) is 11.8 Å². The van der Waals surface area contributed by atoms with Gasteiger partial charge in [0, 0.05) is 13.0 Å². The van der Waals surface area contributed by atoms with Gasteiger partial charge >= 0.3 is 11.9 Å². The van der Waals surface area contributed by atoms with Crippen LogP contribution in [-0.2, 0) is 4.79 Å². The van der Waals surface area contributed by atoms with Crippen molar-refractivity contribution in [2.24, 2.45) is 0 Å². The second-order valence-corrected chi connectivity index (χ2v) is 3.11. The molecule has 5 nitrogen and oxygen atoms in total. The molecule has 0 aliphatic rings. The lowest BCUT2D eigenvalue weighted by molar-refractivity contribution is -0.131. The van der Waals surface area contributed by atoms with Gasteiger partial charge in [0.2, 0.25) is 0 Å². The van der Waals surface area contributed by atoms with Crippen LogP contribution in [0.1, 0.15) is 22.8 Å². The molecule has 17 heavy (non-hydrogen) atoms. The van der Waals surface area contributed by atoms with Crippen LogP contribution in [0.4, 0.5) is 0 Å². The zero-order valence-electron chi connectivity index (χ0n) is 9.01. The molecule has 86 valence electrons. The number of carboxylic acids is 1. The number of rotatable bonds is 3. The molecule has 0 amide bonds. The van der Waals surface area contributed by atoms with Crippen molar-refractivity contribution < 1.29 is 19.4 Å². The first kappa shape index (κ1) is 12.5. The number of nitrogens with zero attached hydrogens (tertiary/aromatic N) is 1. The van der Waals surface area contributed by atoms with Gasteiger partial charge in [0.1, 0.15) is 5.75 Å². The third-order valence-corrected chi connectivity index (χ3v) is 1.85. The van der Waals surface area contributed by atoms with E-state index in [9.17, 15) is 9.59 Å². The molecule has 1 rings (SSSR count). The molecular weight excluding hydrogens is 222 g/mol. The number of carboxylic acid groups (broad SMARTS) is 1. The van der Waals surface area contributed by atoms with E-state index in [1.807, 2.05) is 0 Å². The number of allylic oxidation sites excluding steroid dienone is 1. The molecular formula is C12H9NO4. The van der Waals surface area contributed by atoms with Crippen molar-refractivity contribution in [1.82, 2.24) is 0 Å². The molecule has 0 saturated carbocycles. The number of ether oxygens (including phenoxy) is 1. The molecule has 0 saturated heterocycles. The number of hydrogen-bond acceptors (Lipinski definition) is 4. The fraction of sp³-hybridized carbons (Fsp3) is 0.0833. The molecule has 0 fully saturated rings. The third kappa shape index (κ3) is 3.47. The molecule has 1 aromatic rings. The van der Waals surface area contributed by atoms with Crippen molar-refractivity contribution >= 4 is 18.0 Å². The Morgan fingerprint density at radius 3 is 2.71 bits per heavy atom. The van der Waals surface area contributed by atoms with Crippen LogP contribution in [0.3, 0.4) is 0 Å². The average Bonchev–Trinajstić information content (AvgIpc) is 2.26. The van der Waals surface area contributed by atoms with Gasteiger partial charge < -0.3 is 9.84 Å². The van der Waals surface area contributed by atoms with Crippen LogP contribution in [0.2, 0.25) is 0 Å². The Balaban J connectivity index is 3.18. The summed E-state index contributed by atoms with van der Waals surface area (Å²) in [6.07, 6.45) is 2.55. The maximum atomic E-state index is 11.0. The first-order valence-corrected chi connectivity index (χ1v) is 4.66. The van der Waals surface area contributed by atoms with E-state index < -0.39 is 11.9 Å². The van der Waals surface area contributed by atoms with E-state index in [1.54, 1.807) is 6.07 Å². The highest BCUT2D eigenvalue weighted by Gasteiger charge is 2.10. The van der Waals surface area contributed by atoms with E-state index in [1.165, 1.54) is 37.3 Å². The maximum absolute atomic E-state index is 11.0. The summed E-state index contributed by atoms with van der Waals surface area (Å²) in [7, 11) is 0. The van der Waals surface area contributed by atoms with E-state index in [2.05, 4.69) is 0 Å². The molecule has 0 atom stereocenters. The average molecular weight is 231 g/mol. The number of aromatic carboxylic acids is 1. The Morgan fingerprint density at radius 2 is 2.18 bits per heavy atom. The van der Waals surface area contributed by atoms with Crippen LogP contribution in [0.15, 0.2) is 24.3 Å². The van der Waals surface area contributed by atoms with Crippen LogP contribution in [0, 0.1) is 11.3 Å². The second kappa shape index (κ2) is 5.47. The van der Waals surface area contributed by atoms with Crippen LogP contribution < -0.4 is 4.74 Å². The van der Waals surface area contributed by atoms with Crippen molar-refractivity contribution in [3.05, 3.63) is 35.4 Å². The molecule has 1 N–H and O–H groups in total. The third-order valence-electron chi connectivity index (χ3n) is 1.85. The number of nitriles is 1. The highest BCUT2D eigenvalue weighted by molar-refractivity contribution is 5.93. The molecule has 0 radical (unpaired) electrons. The van der Waals surface area contributed by atoms with Crippen molar-refractivity contribution in [2.75, 3.05) is 0 Å². The van der Waals surface area contributed by atoms with E-state index >= 15 is 0 Å². The predicted molar refractivity (Wildman–Crippen MR) is 59.4 cm³/mol. The van der Waals surface area contributed by atoms with Crippen LogP contribution in [0.25, 0.3) is 6.08 Å². The van der Waals surface area contributed by atoms with Gasteiger partial charge in [0.05, 0.1) is 11.6 Å². The number of carbonyl (C=O) groups is 2. The normalized spacial score (nSPS) is 9.88. The predicted octanol–water partition coefficient (Wildman–Crippen LogP) is 1.85. The van der Waals surface area contributed by atoms with Gasteiger partial charge in [-0.3, -0.25) is 4.79 Å². The number of benzene rings is 1. The number of esters is 1. The number of hydrogen-bond donors (Lipinski definition) is 1. The van der Waals surface area contributed by atoms with E-state index in [4.69, 9.17) is 15.1 Å². The van der Waals surface area contributed by atoms with Gasteiger partial charge in [-0.15, -0.1) is 0 Å². The molecule has 0 heterocycles. The summed E-state index contributed by atoms with van der Waals surface area (Å²) in [5, 5.41) is 17.3. The summed E-state index contributed by atoms with van der Waals surface area (Å²) in [6.45, 7) is 1.23. The zero-order chi connectivity index (χ0) is 12.8. The fourth-order valence-electron chi connectivity index (χ4n) is 1.22. The van der Waals surface area contributed by atoms with Gasteiger partial charge in [-0.05, 0) is 23.8 Å². The maximum Gasteiger partial charge on any atom is 0.336 e. The molecule has 5 heteroatoms. The Morgan fingerprint density at radius 1 is 1.47 bits per heavy atom. The van der Waals surface area contributed by atoms with Crippen LogP contribution in [0.5, 0.6) is 5.75 Å². The first-order chi connectivity index (χ1) is 8.04. The summed E-state index contributed by atoms with van der Waals surface area (Å²) in [5.41, 5.74) is 0.338. The topological polar surface area (TPSA) is 87.4 Å². The first-order valence-electron chi connectivity index (χ1n) is 4.66. The molecule has 0 aliphatic heterocycles. The molecule has 1 aromatic carbocycles. The van der Waals surface area contributed by atoms with Gasteiger partial charge in [0.25, 0.3) is 0 Å². The van der Waals surface area contributed by atoms with Gasteiger partial charge in [0.15, 0.2) is 0 Å². The molecule has 0 unspecified atom stereocenters. The lowest BCUT2D eigenvalue weighted by atomic mass is 10.1. The standard InChI is InChI=1S/C12H9NO4/c1-8(14)17-10-5-4-9(3-2-6-13)11(7-10)12(15)16/h2-5,7H,1H3,(H,15,16)/b3-2+. The highest BCUT2D eigenvalue weighted by Crippen LogP contribution is 2.19. The fourth-order valence-corrected chi connectivity index (χ4v) is 1.22. The summed E-state index contributed by atoms with van der Waals surface area (Å²) >= 11 is 0. The smallest absolute Gasteiger partial charge is 0.336 e. The largest absolute Gasteiger partial charge is 0.478 e. The summed E-state index contributed by atoms with van der Waals surface area (Å²) < 4.78 is 4.77. The second-order valence-electron chi connectivity index (χ2n) is 3.11. The molecule has 0 aliphatic carbocycles. The zero-order valence-corrected chi connectivity index (χ0v) is 9.01. The highest BCUT2D eigenvalue weighted by atomic mass is 16.5. The van der Waals surface area contributed by atoms with Gasteiger partial charge in [-0.2, -0.15) is 5.26 Å². The van der Waals surface area contributed by atoms with Gasteiger partial charge in [-0.25, -0.2) is 4.79 Å². The molecule has 0 bridgehead atoms. The summed E-state index contributed by atoms with van der Waals surface area (Å²) in [6, 6.07) is 5.94. The lowest BCUT2D eigenvalue weighted by Crippen LogP contribution is -2.04. The minimum absolute atomic E-state index is 0.0322. The Kier molecular flexibility index (Phi) is 4.01. The Hall–Kier alpha value is -2.61. The Labute approximate surface area is 97.6 Å². The molecule has 0 spiro atoms. The SMILES string of the molecule is CC(=O)Oc1ccc(/C=C/C#N)c(C(=O)O)c1. The van der Waals surface area contributed by atoms with Crippen molar-refractivity contribution in [1.29, 1.82) is 5.26 Å². The van der Waals surface area contributed by atoms with E-state index in [-0.39, 0.29) is 11.3 Å². The lowest BCUT2D eigenvalue weighted by Gasteiger charge is -2.05. The van der Waals surface area contributed by atoms with E-state index in [0.29, 0.717) is 5.56 Å². The van der Waals surface area contributed by atoms with E-state index in [0.717, 1.165) is 0 Å². The minimum atomic E-state index is -1.16. The minimum Gasteiger partial charge on any atom is -0.478 e. The van der Waals surface area contributed by atoms with Gasteiger partial charge in [-0.1, -0.05) is 6.07 Å². The quantitative estimate of drug-likeness (QED) is 0.487. The number of carbonyl (C=O) groups excluding carboxylic acids is 1. The monoisotopic (exact) mass is 231 g/mol.